The standard InChI is InChI=1S/C22H15NO6S3/c1-27-14-8-7-12-10-16(31-21(25)17(12)18(14)28-2)20(24)29-13-6-4-3-5-11(13)9-15-19(30)23-22(26)32-15/h3-10H,1-2H3,(H,23,26,30). The number of thiocarbonyl (C=S) groups is 1. The molecule has 10 heteroatoms. The molecule has 0 atom stereocenters. The van der Waals surface area contributed by atoms with E-state index in [1.807, 2.05) is 0 Å². The van der Waals surface area contributed by atoms with Crippen LogP contribution < -0.4 is 24.3 Å². The molecule has 3 aromatic rings. The molecule has 1 fully saturated rings. The van der Waals surface area contributed by atoms with Gasteiger partial charge in [0.2, 0.25) is 4.74 Å². The molecule has 32 heavy (non-hydrogen) atoms. The van der Waals surface area contributed by atoms with Gasteiger partial charge in [-0.25, -0.2) is 4.79 Å². The van der Waals surface area contributed by atoms with Crippen molar-refractivity contribution in [2.75, 3.05) is 14.2 Å². The summed E-state index contributed by atoms with van der Waals surface area (Å²) in [6.45, 7) is 0. The van der Waals surface area contributed by atoms with Crippen LogP contribution in [0.5, 0.6) is 17.2 Å². The van der Waals surface area contributed by atoms with Gasteiger partial charge in [-0.3, -0.25) is 9.59 Å². The number of nitrogens with one attached hydrogen (secondary N) is 1. The molecular weight excluding hydrogens is 470 g/mol. The number of hydrogen-bond acceptors (Lipinski definition) is 9. The Morgan fingerprint density at radius 2 is 1.84 bits per heavy atom. The molecule has 1 N–H and O–H groups in total. The summed E-state index contributed by atoms with van der Waals surface area (Å²) in [5.74, 6) is 0.346. The summed E-state index contributed by atoms with van der Waals surface area (Å²) in [4.78, 5) is 38.2. The smallest absolute Gasteiger partial charge is 0.353 e. The van der Waals surface area contributed by atoms with E-state index in [1.165, 1.54) is 14.2 Å². The molecule has 0 spiro atoms. The van der Waals surface area contributed by atoms with Gasteiger partial charge in [0, 0.05) is 5.56 Å². The molecule has 0 bridgehead atoms. The summed E-state index contributed by atoms with van der Waals surface area (Å²) in [5, 5.41) is 3.15. The molecular formula is C22H15NO6S3. The summed E-state index contributed by atoms with van der Waals surface area (Å²) >= 11 is 6.87. The van der Waals surface area contributed by atoms with Crippen LogP contribution in [-0.4, -0.2) is 30.4 Å². The van der Waals surface area contributed by atoms with Crippen molar-refractivity contribution in [1.82, 2.24) is 5.32 Å². The zero-order valence-corrected chi connectivity index (χ0v) is 19.2. The Bertz CT molecular complexity index is 1360. The largest absolute Gasteiger partial charge is 0.493 e. The van der Waals surface area contributed by atoms with Crippen LogP contribution in [0.4, 0.5) is 4.79 Å². The van der Waals surface area contributed by atoms with Crippen molar-refractivity contribution in [3.8, 4) is 17.2 Å². The van der Waals surface area contributed by atoms with E-state index in [9.17, 15) is 14.4 Å². The van der Waals surface area contributed by atoms with Crippen LogP contribution in [0.3, 0.4) is 0 Å². The highest BCUT2D eigenvalue weighted by molar-refractivity contribution is 8.19. The van der Waals surface area contributed by atoms with Crippen molar-refractivity contribution in [3.63, 3.8) is 0 Å². The lowest BCUT2D eigenvalue weighted by molar-refractivity contribution is 0.0739. The first-order valence-electron chi connectivity index (χ1n) is 9.16. The fourth-order valence-electron chi connectivity index (χ4n) is 3.10. The van der Waals surface area contributed by atoms with E-state index >= 15 is 0 Å². The average Bonchev–Trinajstić information content (AvgIpc) is 3.10. The molecule has 4 rings (SSSR count). The number of para-hydroxylation sites is 1. The van der Waals surface area contributed by atoms with E-state index in [1.54, 1.807) is 48.5 Å². The number of thioether (sulfide) groups is 1. The average molecular weight is 486 g/mol. The quantitative estimate of drug-likeness (QED) is 0.242. The molecule has 2 heterocycles. The number of esters is 1. The predicted octanol–water partition coefficient (Wildman–Crippen LogP) is 4.62. The van der Waals surface area contributed by atoms with E-state index in [4.69, 9.17) is 26.4 Å². The Balaban J connectivity index is 1.69. The summed E-state index contributed by atoms with van der Waals surface area (Å²) in [5.41, 5.74) is 0.571. The normalized spacial score (nSPS) is 14.5. The summed E-state index contributed by atoms with van der Waals surface area (Å²) in [7, 11) is 2.94. The summed E-state index contributed by atoms with van der Waals surface area (Å²) in [6, 6.07) is 11.8. The maximum atomic E-state index is 12.9. The first-order chi connectivity index (χ1) is 15.4. The van der Waals surface area contributed by atoms with Gasteiger partial charge in [-0.2, -0.15) is 0 Å². The van der Waals surface area contributed by atoms with Crippen LogP contribution in [0, 0.1) is 0 Å². The monoisotopic (exact) mass is 485 g/mol. The highest BCUT2D eigenvalue weighted by Crippen LogP contribution is 2.35. The van der Waals surface area contributed by atoms with Gasteiger partial charge in [-0.05, 0) is 41.4 Å². The third-order valence-electron chi connectivity index (χ3n) is 4.52. The number of benzene rings is 2. The number of amides is 1. The fraction of sp³-hybridized carbons (Fsp3) is 0.0909. The van der Waals surface area contributed by atoms with E-state index < -0.39 is 5.97 Å². The van der Waals surface area contributed by atoms with Crippen molar-refractivity contribution >= 4 is 68.4 Å². The Hall–Kier alpha value is -3.21. The summed E-state index contributed by atoms with van der Waals surface area (Å²) < 4.78 is 15.8. The molecule has 1 amide bonds. The van der Waals surface area contributed by atoms with Gasteiger partial charge < -0.3 is 19.5 Å². The van der Waals surface area contributed by atoms with E-state index in [0.29, 0.717) is 37.7 Å². The molecule has 7 nitrogen and oxygen atoms in total. The highest BCUT2D eigenvalue weighted by atomic mass is 32.2. The minimum Gasteiger partial charge on any atom is -0.493 e. The first-order valence-corrected chi connectivity index (χ1v) is 11.2. The molecule has 1 aliphatic heterocycles. The Kier molecular flexibility index (Phi) is 6.26. The molecule has 1 aliphatic rings. The van der Waals surface area contributed by atoms with Crippen molar-refractivity contribution in [2.45, 2.75) is 0 Å². The lowest BCUT2D eigenvalue weighted by Gasteiger charge is -2.11. The van der Waals surface area contributed by atoms with Crippen molar-refractivity contribution in [1.29, 1.82) is 0 Å². The molecule has 2 aromatic carbocycles. The maximum absolute atomic E-state index is 12.9. The molecule has 0 aliphatic carbocycles. The zero-order chi connectivity index (χ0) is 22.8. The number of ether oxygens (including phenoxy) is 3. The molecule has 0 unspecified atom stereocenters. The highest BCUT2D eigenvalue weighted by Gasteiger charge is 2.23. The number of fused-ring (bicyclic) bond motifs is 1. The number of carbonyl (C=O) groups excluding carboxylic acids is 2. The van der Waals surface area contributed by atoms with Gasteiger partial charge in [0.15, 0.2) is 11.5 Å². The molecule has 162 valence electrons. The summed E-state index contributed by atoms with van der Waals surface area (Å²) in [6.07, 6.45) is 1.67. The number of methoxy groups -OCH3 is 2. The van der Waals surface area contributed by atoms with Gasteiger partial charge in [0.05, 0.1) is 24.5 Å². The number of rotatable bonds is 5. The van der Waals surface area contributed by atoms with Crippen LogP contribution in [0.1, 0.15) is 15.2 Å². The van der Waals surface area contributed by atoms with Gasteiger partial charge >= 0.3 is 5.97 Å². The van der Waals surface area contributed by atoms with Crippen LogP contribution in [0.15, 0.2) is 52.2 Å². The molecule has 0 radical (unpaired) electrons. The van der Waals surface area contributed by atoms with Crippen LogP contribution in [0.25, 0.3) is 16.8 Å². The number of carbonyl (C=O) groups is 2. The Labute approximate surface area is 196 Å². The fourth-order valence-corrected chi connectivity index (χ4v) is 4.95. The minimum absolute atomic E-state index is 0.139. The topological polar surface area (TPSA) is 90.9 Å². The maximum Gasteiger partial charge on any atom is 0.353 e. The molecule has 1 aromatic heterocycles. The van der Waals surface area contributed by atoms with E-state index in [2.05, 4.69) is 5.32 Å². The minimum atomic E-state index is -0.675. The lowest BCUT2D eigenvalue weighted by Crippen LogP contribution is -2.16. The van der Waals surface area contributed by atoms with Gasteiger partial charge in [-0.15, -0.1) is 0 Å². The predicted molar refractivity (Wildman–Crippen MR) is 129 cm³/mol. The molecule has 1 saturated heterocycles. The third kappa shape index (κ3) is 4.24. The molecule has 0 saturated carbocycles. The third-order valence-corrected chi connectivity index (χ3v) is 6.70. The SMILES string of the molecule is COc1ccc2cc(C(=O)Oc3ccccc3C=C3SC(=O)NC3=S)sc(=O)c2c1OC. The zero-order valence-electron chi connectivity index (χ0n) is 16.8. The van der Waals surface area contributed by atoms with Crippen molar-refractivity contribution in [3.05, 3.63) is 67.3 Å². The van der Waals surface area contributed by atoms with Gasteiger partial charge in [0.25, 0.3) is 5.24 Å². The second-order valence-electron chi connectivity index (χ2n) is 6.44. The van der Waals surface area contributed by atoms with E-state index in [-0.39, 0.29) is 20.6 Å². The van der Waals surface area contributed by atoms with Crippen LogP contribution in [0.2, 0.25) is 0 Å². The van der Waals surface area contributed by atoms with Crippen molar-refractivity contribution < 1.29 is 23.8 Å². The first kappa shape index (κ1) is 22.0. The van der Waals surface area contributed by atoms with Gasteiger partial charge in [-0.1, -0.05) is 47.8 Å². The Morgan fingerprint density at radius 1 is 1.06 bits per heavy atom. The van der Waals surface area contributed by atoms with Crippen LogP contribution in [-0.2, 0) is 0 Å². The second kappa shape index (κ2) is 9.11. The lowest BCUT2D eigenvalue weighted by atomic mass is 10.1. The van der Waals surface area contributed by atoms with Crippen molar-refractivity contribution in [2.24, 2.45) is 0 Å². The van der Waals surface area contributed by atoms with Crippen LogP contribution >= 0.6 is 35.3 Å². The second-order valence-corrected chi connectivity index (χ2v) is 8.88. The van der Waals surface area contributed by atoms with Gasteiger partial charge in [0.1, 0.15) is 15.6 Å². The Morgan fingerprint density at radius 3 is 2.53 bits per heavy atom. The van der Waals surface area contributed by atoms with E-state index in [0.717, 1.165) is 23.1 Å². The number of hydrogen-bond donors (Lipinski definition) is 1.